The Hall–Kier alpha value is -0.0900. The zero-order valence-corrected chi connectivity index (χ0v) is 10.7. The smallest absolute Gasteiger partial charge is 0.147 e. The SMILES string of the molecule is CNC(CCCS(C)(=O)=O)C(C)(C)C. The molecular weight excluding hydrogens is 198 g/mol. The zero-order valence-electron chi connectivity index (χ0n) is 9.92. The van der Waals surface area contributed by atoms with Crippen molar-refractivity contribution in [1.29, 1.82) is 0 Å². The van der Waals surface area contributed by atoms with Gasteiger partial charge < -0.3 is 5.32 Å². The number of rotatable bonds is 5. The van der Waals surface area contributed by atoms with Gasteiger partial charge in [-0.15, -0.1) is 0 Å². The molecule has 0 saturated heterocycles. The lowest BCUT2D eigenvalue weighted by atomic mass is 9.84. The standard InChI is InChI=1S/C10H23NO2S/c1-10(2,3)9(11-4)7-6-8-14(5,12)13/h9,11H,6-8H2,1-5H3. The van der Waals surface area contributed by atoms with Crippen molar-refractivity contribution >= 4 is 9.84 Å². The van der Waals surface area contributed by atoms with Crippen molar-refractivity contribution in [3.8, 4) is 0 Å². The van der Waals surface area contributed by atoms with Gasteiger partial charge in [-0.05, 0) is 25.3 Å². The molecule has 0 radical (unpaired) electrons. The molecule has 0 aromatic heterocycles. The molecule has 0 spiro atoms. The van der Waals surface area contributed by atoms with Crippen LogP contribution in [-0.2, 0) is 9.84 Å². The molecule has 0 amide bonds. The highest BCUT2D eigenvalue weighted by Crippen LogP contribution is 2.22. The van der Waals surface area contributed by atoms with E-state index in [-0.39, 0.29) is 5.41 Å². The van der Waals surface area contributed by atoms with E-state index in [2.05, 4.69) is 26.1 Å². The highest BCUT2D eigenvalue weighted by molar-refractivity contribution is 7.90. The van der Waals surface area contributed by atoms with Gasteiger partial charge in [0.25, 0.3) is 0 Å². The molecule has 0 aromatic carbocycles. The molecule has 1 N–H and O–H groups in total. The third kappa shape index (κ3) is 6.38. The van der Waals surface area contributed by atoms with Crippen LogP contribution in [0.4, 0.5) is 0 Å². The van der Waals surface area contributed by atoms with Crippen molar-refractivity contribution in [3.05, 3.63) is 0 Å². The van der Waals surface area contributed by atoms with Crippen molar-refractivity contribution in [2.75, 3.05) is 19.1 Å². The largest absolute Gasteiger partial charge is 0.316 e. The van der Waals surface area contributed by atoms with E-state index in [1.165, 1.54) is 6.26 Å². The molecule has 14 heavy (non-hydrogen) atoms. The van der Waals surface area contributed by atoms with E-state index in [1.807, 2.05) is 7.05 Å². The van der Waals surface area contributed by atoms with E-state index in [0.717, 1.165) is 12.8 Å². The fourth-order valence-electron chi connectivity index (χ4n) is 1.56. The summed E-state index contributed by atoms with van der Waals surface area (Å²) < 4.78 is 21.9. The van der Waals surface area contributed by atoms with Crippen molar-refractivity contribution in [2.45, 2.75) is 39.7 Å². The van der Waals surface area contributed by atoms with Crippen LogP contribution in [0.1, 0.15) is 33.6 Å². The maximum absolute atomic E-state index is 10.9. The van der Waals surface area contributed by atoms with Crippen LogP contribution in [0.25, 0.3) is 0 Å². The summed E-state index contributed by atoms with van der Waals surface area (Å²) in [5, 5.41) is 3.23. The lowest BCUT2D eigenvalue weighted by Gasteiger charge is -2.30. The summed E-state index contributed by atoms with van der Waals surface area (Å²) in [7, 11) is -0.874. The van der Waals surface area contributed by atoms with E-state index in [1.54, 1.807) is 0 Å². The molecule has 0 aliphatic rings. The van der Waals surface area contributed by atoms with Crippen LogP contribution in [0.3, 0.4) is 0 Å². The molecule has 3 nitrogen and oxygen atoms in total. The van der Waals surface area contributed by atoms with Gasteiger partial charge in [0, 0.05) is 18.1 Å². The van der Waals surface area contributed by atoms with Gasteiger partial charge in [0.1, 0.15) is 9.84 Å². The van der Waals surface area contributed by atoms with E-state index in [9.17, 15) is 8.42 Å². The third-order valence-corrected chi connectivity index (χ3v) is 3.43. The summed E-state index contributed by atoms with van der Waals surface area (Å²) in [5.74, 6) is 0.293. The van der Waals surface area contributed by atoms with Crippen LogP contribution in [-0.4, -0.2) is 33.5 Å². The van der Waals surface area contributed by atoms with Crippen LogP contribution < -0.4 is 5.32 Å². The first-order valence-electron chi connectivity index (χ1n) is 5.02. The lowest BCUT2D eigenvalue weighted by Crippen LogP contribution is -2.38. The Morgan fingerprint density at radius 2 is 1.79 bits per heavy atom. The normalized spacial score (nSPS) is 15.5. The maximum Gasteiger partial charge on any atom is 0.147 e. The second-order valence-electron chi connectivity index (χ2n) is 4.98. The average molecular weight is 221 g/mol. The minimum Gasteiger partial charge on any atom is -0.316 e. The molecule has 0 saturated carbocycles. The molecule has 0 fully saturated rings. The molecule has 86 valence electrons. The molecule has 0 rings (SSSR count). The molecule has 0 aromatic rings. The van der Waals surface area contributed by atoms with Crippen molar-refractivity contribution in [2.24, 2.45) is 5.41 Å². The van der Waals surface area contributed by atoms with Crippen molar-refractivity contribution < 1.29 is 8.42 Å². The summed E-state index contributed by atoms with van der Waals surface area (Å²) >= 11 is 0. The fraction of sp³-hybridized carbons (Fsp3) is 1.00. The average Bonchev–Trinajstić information content (AvgIpc) is 1.93. The van der Waals surface area contributed by atoms with Gasteiger partial charge in [-0.25, -0.2) is 8.42 Å². The molecule has 0 bridgehead atoms. The van der Waals surface area contributed by atoms with Gasteiger partial charge >= 0.3 is 0 Å². The maximum atomic E-state index is 10.9. The van der Waals surface area contributed by atoms with Crippen LogP contribution in [0.2, 0.25) is 0 Å². The van der Waals surface area contributed by atoms with Gasteiger partial charge in [0.05, 0.1) is 0 Å². The zero-order chi connectivity index (χ0) is 11.4. The van der Waals surface area contributed by atoms with Crippen LogP contribution in [0.15, 0.2) is 0 Å². The Kier molecular flexibility index (Phi) is 5.09. The molecule has 1 atom stereocenters. The molecular formula is C10H23NO2S. The summed E-state index contributed by atoms with van der Waals surface area (Å²) in [6.45, 7) is 6.48. The predicted octanol–water partition coefficient (Wildman–Crippen LogP) is 1.45. The number of nitrogens with one attached hydrogen (secondary N) is 1. The fourth-order valence-corrected chi connectivity index (χ4v) is 2.25. The molecule has 4 heteroatoms. The highest BCUT2D eigenvalue weighted by atomic mass is 32.2. The highest BCUT2D eigenvalue weighted by Gasteiger charge is 2.22. The summed E-state index contributed by atoms with van der Waals surface area (Å²) in [6, 6.07) is 0.379. The predicted molar refractivity (Wildman–Crippen MR) is 61.2 cm³/mol. The van der Waals surface area contributed by atoms with Gasteiger partial charge in [-0.1, -0.05) is 20.8 Å². The minimum absolute atomic E-state index is 0.187. The summed E-state index contributed by atoms with van der Waals surface area (Å²) in [4.78, 5) is 0. The first-order valence-corrected chi connectivity index (χ1v) is 7.08. The quantitative estimate of drug-likeness (QED) is 0.764. The lowest BCUT2D eigenvalue weighted by molar-refractivity contribution is 0.266. The van der Waals surface area contributed by atoms with Gasteiger partial charge in [0.15, 0.2) is 0 Å². The summed E-state index contributed by atoms with van der Waals surface area (Å²) in [6.07, 6.45) is 2.94. The first kappa shape index (κ1) is 13.9. The minimum atomic E-state index is -2.80. The first-order chi connectivity index (χ1) is 6.17. The topological polar surface area (TPSA) is 46.2 Å². The van der Waals surface area contributed by atoms with E-state index in [0.29, 0.717) is 11.8 Å². The molecule has 0 aliphatic carbocycles. The monoisotopic (exact) mass is 221 g/mol. The second kappa shape index (κ2) is 5.12. The number of hydrogen-bond donors (Lipinski definition) is 1. The molecule has 1 unspecified atom stereocenters. The molecule has 0 heterocycles. The van der Waals surface area contributed by atoms with Gasteiger partial charge in [-0.3, -0.25) is 0 Å². The van der Waals surface area contributed by atoms with E-state index >= 15 is 0 Å². The van der Waals surface area contributed by atoms with Crippen LogP contribution >= 0.6 is 0 Å². The Labute approximate surface area is 88.2 Å². The van der Waals surface area contributed by atoms with E-state index < -0.39 is 9.84 Å². The third-order valence-electron chi connectivity index (χ3n) is 2.40. The summed E-state index contributed by atoms with van der Waals surface area (Å²) in [5.41, 5.74) is 0.187. The second-order valence-corrected chi connectivity index (χ2v) is 7.24. The van der Waals surface area contributed by atoms with Gasteiger partial charge in [0.2, 0.25) is 0 Å². The molecule has 0 aliphatic heterocycles. The van der Waals surface area contributed by atoms with Crippen LogP contribution in [0, 0.1) is 5.41 Å². The van der Waals surface area contributed by atoms with Gasteiger partial charge in [-0.2, -0.15) is 0 Å². The number of hydrogen-bond acceptors (Lipinski definition) is 3. The Morgan fingerprint density at radius 3 is 2.07 bits per heavy atom. The Bertz CT molecular complexity index is 252. The van der Waals surface area contributed by atoms with E-state index in [4.69, 9.17) is 0 Å². The number of sulfone groups is 1. The Morgan fingerprint density at radius 1 is 1.29 bits per heavy atom. The Balaban J connectivity index is 3.99. The van der Waals surface area contributed by atoms with Crippen molar-refractivity contribution in [1.82, 2.24) is 5.32 Å². The van der Waals surface area contributed by atoms with Crippen LogP contribution in [0.5, 0.6) is 0 Å². The van der Waals surface area contributed by atoms with Crippen molar-refractivity contribution in [3.63, 3.8) is 0 Å².